The largest absolute Gasteiger partial charge is 0.497 e. The zero-order valence-corrected chi connectivity index (χ0v) is 18.3. The van der Waals surface area contributed by atoms with Crippen molar-refractivity contribution in [1.82, 2.24) is 0 Å². The van der Waals surface area contributed by atoms with Gasteiger partial charge in [0.1, 0.15) is 24.4 Å². The van der Waals surface area contributed by atoms with Crippen molar-refractivity contribution in [1.29, 1.82) is 0 Å². The zero-order chi connectivity index (χ0) is 21.1. The lowest BCUT2D eigenvalue weighted by atomic mass is 10.0. The lowest BCUT2D eigenvalue weighted by Crippen LogP contribution is -3.13. The van der Waals surface area contributed by atoms with Crippen molar-refractivity contribution in [2.75, 3.05) is 26.7 Å². The van der Waals surface area contributed by atoms with Gasteiger partial charge in [-0.15, -0.1) is 0 Å². The maximum absolute atomic E-state index is 12.1. The second kappa shape index (κ2) is 9.21. The van der Waals surface area contributed by atoms with Gasteiger partial charge in [-0.1, -0.05) is 11.6 Å². The highest BCUT2D eigenvalue weighted by molar-refractivity contribution is 6.32. The molecule has 2 heterocycles. The van der Waals surface area contributed by atoms with Gasteiger partial charge < -0.3 is 19.4 Å². The number of aryl methyl sites for hydroxylation is 1. The number of likely N-dealkylation sites (tertiary alicyclic amines) is 1. The number of quaternary nitrogens is 2. The summed E-state index contributed by atoms with van der Waals surface area (Å²) in [4.78, 5) is 13.7. The molecule has 1 atom stereocenters. The quantitative estimate of drug-likeness (QED) is 0.567. The van der Waals surface area contributed by atoms with E-state index in [1.165, 1.54) is 31.5 Å². The molecular formula is C24H29ClN2O3+2. The highest BCUT2D eigenvalue weighted by atomic mass is 35.5. The molecular weight excluding hydrogens is 400 g/mol. The molecule has 0 unspecified atom stereocenters. The van der Waals surface area contributed by atoms with Crippen LogP contribution in [0.15, 0.2) is 51.7 Å². The number of rotatable bonds is 7. The number of nitrogens with two attached hydrogens (primary N) is 1. The number of hydrogen-bond acceptors (Lipinski definition) is 3. The Morgan fingerprint density at radius 1 is 1.17 bits per heavy atom. The standard InChI is InChI=1S/C24H27ClN2O3/c1-16-11-23-20(13-21(16)25)18(12-24(28)30-23)14-26-15-22(27-9-3-4-10-27)17-5-7-19(29-2)8-6-17/h5-8,11-13,22,26H,3-4,9-10,14-15H2,1-2H3/p+2/t22-/m1/s1. The molecule has 30 heavy (non-hydrogen) atoms. The summed E-state index contributed by atoms with van der Waals surface area (Å²) in [6.45, 7) is 5.98. The molecule has 1 aromatic heterocycles. The minimum Gasteiger partial charge on any atom is -0.497 e. The third-order valence-corrected chi connectivity index (χ3v) is 6.54. The first-order valence-corrected chi connectivity index (χ1v) is 11.0. The Morgan fingerprint density at radius 3 is 2.60 bits per heavy atom. The Bertz CT molecular complexity index is 1070. The predicted octanol–water partition coefficient (Wildman–Crippen LogP) is 2.25. The van der Waals surface area contributed by atoms with Gasteiger partial charge in [-0.25, -0.2) is 4.79 Å². The molecule has 5 nitrogen and oxygen atoms in total. The van der Waals surface area contributed by atoms with Crippen LogP contribution in [0.1, 0.15) is 35.6 Å². The van der Waals surface area contributed by atoms with Crippen molar-refractivity contribution in [3.05, 3.63) is 74.6 Å². The van der Waals surface area contributed by atoms with Crippen molar-refractivity contribution < 1.29 is 19.4 Å². The number of benzene rings is 2. The van der Waals surface area contributed by atoms with Crippen molar-refractivity contribution in [3.63, 3.8) is 0 Å². The molecule has 0 aliphatic carbocycles. The molecule has 0 radical (unpaired) electrons. The Hall–Kier alpha value is -2.34. The topological polar surface area (TPSA) is 60.5 Å². The van der Waals surface area contributed by atoms with E-state index in [4.69, 9.17) is 20.8 Å². The van der Waals surface area contributed by atoms with Gasteiger partial charge in [0.15, 0.2) is 6.04 Å². The third kappa shape index (κ3) is 4.53. The molecule has 4 rings (SSSR count). The molecule has 2 aromatic carbocycles. The van der Waals surface area contributed by atoms with Gasteiger partial charge in [0.25, 0.3) is 0 Å². The average molecular weight is 429 g/mol. The lowest BCUT2D eigenvalue weighted by Gasteiger charge is -2.24. The van der Waals surface area contributed by atoms with Gasteiger partial charge in [0, 0.05) is 40.4 Å². The van der Waals surface area contributed by atoms with Crippen molar-refractivity contribution in [3.8, 4) is 5.75 Å². The van der Waals surface area contributed by atoms with Crippen LogP contribution >= 0.6 is 11.6 Å². The molecule has 3 aromatic rings. The fourth-order valence-electron chi connectivity index (χ4n) is 4.47. The number of hydrogen-bond donors (Lipinski definition) is 2. The van der Waals surface area contributed by atoms with E-state index < -0.39 is 0 Å². The highest BCUT2D eigenvalue weighted by Crippen LogP contribution is 2.24. The molecule has 1 aliphatic rings. The normalized spacial score (nSPS) is 15.6. The first kappa shape index (κ1) is 20.9. The van der Waals surface area contributed by atoms with Crippen LogP contribution in [-0.2, 0) is 6.54 Å². The third-order valence-electron chi connectivity index (χ3n) is 6.13. The summed E-state index contributed by atoms with van der Waals surface area (Å²) in [6, 6.07) is 14.2. The van der Waals surface area contributed by atoms with Crippen LogP contribution in [0, 0.1) is 6.92 Å². The number of ether oxygens (including phenoxy) is 1. The maximum Gasteiger partial charge on any atom is 0.336 e. The summed E-state index contributed by atoms with van der Waals surface area (Å²) >= 11 is 6.33. The van der Waals surface area contributed by atoms with E-state index in [0.29, 0.717) is 23.2 Å². The van der Waals surface area contributed by atoms with Gasteiger partial charge >= 0.3 is 5.63 Å². The summed E-state index contributed by atoms with van der Waals surface area (Å²) < 4.78 is 10.7. The number of fused-ring (bicyclic) bond motifs is 1. The Morgan fingerprint density at radius 2 is 1.90 bits per heavy atom. The van der Waals surface area contributed by atoms with E-state index in [1.807, 2.05) is 31.2 Å². The zero-order valence-electron chi connectivity index (χ0n) is 17.5. The second-order valence-corrected chi connectivity index (χ2v) is 8.52. The Balaban J connectivity index is 1.54. The van der Waals surface area contributed by atoms with Crippen LogP contribution in [0.2, 0.25) is 5.02 Å². The minimum absolute atomic E-state index is 0.315. The molecule has 0 amide bonds. The first-order chi connectivity index (χ1) is 14.5. The van der Waals surface area contributed by atoms with Gasteiger partial charge in [0.05, 0.1) is 20.2 Å². The number of methoxy groups -OCH3 is 1. The smallest absolute Gasteiger partial charge is 0.336 e. The molecule has 158 valence electrons. The molecule has 3 N–H and O–H groups in total. The van der Waals surface area contributed by atoms with E-state index in [2.05, 4.69) is 17.4 Å². The lowest BCUT2D eigenvalue weighted by molar-refractivity contribution is -0.935. The molecule has 0 saturated carbocycles. The fraction of sp³-hybridized carbons (Fsp3) is 0.375. The molecule has 0 spiro atoms. The molecule has 6 heteroatoms. The van der Waals surface area contributed by atoms with E-state index in [-0.39, 0.29) is 5.63 Å². The maximum atomic E-state index is 12.1. The van der Waals surface area contributed by atoms with Gasteiger partial charge in [-0.2, -0.15) is 0 Å². The SMILES string of the molecule is COc1ccc([C@@H](C[NH2+]Cc2cc(=O)oc3cc(C)c(Cl)cc23)[NH+]2CCCC2)cc1. The van der Waals surface area contributed by atoms with E-state index in [1.54, 1.807) is 18.1 Å². The van der Waals surface area contributed by atoms with E-state index in [9.17, 15) is 4.79 Å². The second-order valence-electron chi connectivity index (χ2n) is 8.11. The number of nitrogens with one attached hydrogen (secondary N) is 1. The van der Waals surface area contributed by atoms with Crippen LogP contribution in [0.4, 0.5) is 0 Å². The monoisotopic (exact) mass is 428 g/mol. The van der Waals surface area contributed by atoms with Gasteiger partial charge in [-0.05, 0) is 48.9 Å². The predicted molar refractivity (Wildman–Crippen MR) is 118 cm³/mol. The van der Waals surface area contributed by atoms with Gasteiger partial charge in [0.2, 0.25) is 0 Å². The van der Waals surface area contributed by atoms with Crippen LogP contribution in [0.5, 0.6) is 5.75 Å². The molecule has 1 aliphatic heterocycles. The van der Waals surface area contributed by atoms with Crippen LogP contribution in [0.25, 0.3) is 11.0 Å². The molecule has 1 saturated heterocycles. The highest BCUT2D eigenvalue weighted by Gasteiger charge is 2.29. The van der Waals surface area contributed by atoms with Crippen LogP contribution < -0.4 is 20.6 Å². The van der Waals surface area contributed by atoms with Crippen molar-refractivity contribution in [2.45, 2.75) is 32.4 Å². The minimum atomic E-state index is -0.315. The Kier molecular flexibility index (Phi) is 6.42. The van der Waals surface area contributed by atoms with Crippen molar-refractivity contribution >= 4 is 22.6 Å². The average Bonchev–Trinajstić information content (AvgIpc) is 3.27. The first-order valence-electron chi connectivity index (χ1n) is 10.6. The summed E-state index contributed by atoms with van der Waals surface area (Å²) in [7, 11) is 1.69. The van der Waals surface area contributed by atoms with Crippen LogP contribution in [0.3, 0.4) is 0 Å². The number of halogens is 1. The summed E-state index contributed by atoms with van der Waals surface area (Å²) in [5.41, 5.74) is 3.49. The summed E-state index contributed by atoms with van der Waals surface area (Å²) in [5.74, 6) is 0.882. The fourth-order valence-corrected chi connectivity index (χ4v) is 4.64. The van der Waals surface area contributed by atoms with Crippen LogP contribution in [-0.4, -0.2) is 26.7 Å². The Labute approximate surface area is 181 Å². The summed E-state index contributed by atoms with van der Waals surface area (Å²) in [6.07, 6.45) is 2.56. The summed E-state index contributed by atoms with van der Waals surface area (Å²) in [5, 5.41) is 3.90. The van der Waals surface area contributed by atoms with Crippen molar-refractivity contribution in [2.24, 2.45) is 0 Å². The van der Waals surface area contributed by atoms with Gasteiger partial charge in [-0.3, -0.25) is 0 Å². The van der Waals surface area contributed by atoms with E-state index in [0.717, 1.165) is 28.8 Å². The molecule has 0 bridgehead atoms. The molecule has 1 fully saturated rings. The van der Waals surface area contributed by atoms with E-state index >= 15 is 0 Å².